The molecule has 6 nitrogen and oxygen atoms in total. The third-order valence-electron chi connectivity index (χ3n) is 5.30. The summed E-state index contributed by atoms with van der Waals surface area (Å²) in [6, 6.07) is 13.7. The summed E-state index contributed by atoms with van der Waals surface area (Å²) in [5, 5.41) is 7.46. The van der Waals surface area contributed by atoms with Gasteiger partial charge >= 0.3 is 0 Å². The molecule has 4 rings (SSSR count). The lowest BCUT2D eigenvalue weighted by atomic mass is 10.0. The molecular formula is C24H20ClF2N3O3. The molecule has 0 aliphatic carbocycles. The number of carbonyl (C=O) groups excluding carboxylic acids is 2. The van der Waals surface area contributed by atoms with Gasteiger partial charge in [-0.2, -0.15) is 10.2 Å². The van der Waals surface area contributed by atoms with Crippen LogP contribution in [0.25, 0.3) is 0 Å². The average Bonchev–Trinajstić information content (AvgIpc) is 3.18. The van der Waals surface area contributed by atoms with Crippen molar-refractivity contribution >= 4 is 23.3 Å². The summed E-state index contributed by atoms with van der Waals surface area (Å²) < 4.78 is 33.2. The molecule has 0 spiro atoms. The predicted octanol–water partition coefficient (Wildman–Crippen LogP) is 4.62. The van der Waals surface area contributed by atoms with Crippen molar-refractivity contribution in [1.82, 2.24) is 15.1 Å². The number of alkyl halides is 2. The van der Waals surface area contributed by atoms with Gasteiger partial charge in [0.2, 0.25) is 0 Å². The fourth-order valence-corrected chi connectivity index (χ4v) is 3.82. The van der Waals surface area contributed by atoms with Gasteiger partial charge in [0.15, 0.2) is 5.78 Å². The van der Waals surface area contributed by atoms with Gasteiger partial charge in [-0.1, -0.05) is 41.9 Å². The topological polar surface area (TPSA) is 72.4 Å². The molecule has 170 valence electrons. The third-order valence-corrected chi connectivity index (χ3v) is 5.62. The van der Waals surface area contributed by atoms with E-state index in [0.29, 0.717) is 5.56 Å². The van der Waals surface area contributed by atoms with Crippen LogP contribution in [0.1, 0.15) is 38.3 Å². The fraction of sp³-hybridized carbons (Fsp3) is 0.250. The molecule has 0 N–H and O–H groups in total. The second kappa shape index (κ2) is 9.62. The number of amides is 1. The Kier molecular flexibility index (Phi) is 6.65. The fourth-order valence-electron chi connectivity index (χ4n) is 3.57. The van der Waals surface area contributed by atoms with Crippen molar-refractivity contribution in [2.75, 3.05) is 13.1 Å². The van der Waals surface area contributed by atoms with Gasteiger partial charge in [0, 0.05) is 25.6 Å². The number of likely N-dealkylation sites (tertiary alicyclic amines) is 1. The summed E-state index contributed by atoms with van der Waals surface area (Å²) in [7, 11) is 0. The van der Waals surface area contributed by atoms with Crippen LogP contribution < -0.4 is 4.74 Å². The Morgan fingerprint density at radius 1 is 1.06 bits per heavy atom. The van der Waals surface area contributed by atoms with Crippen LogP contribution in [0.3, 0.4) is 0 Å². The van der Waals surface area contributed by atoms with Crippen molar-refractivity contribution in [2.45, 2.75) is 25.4 Å². The van der Waals surface area contributed by atoms with Gasteiger partial charge in [-0.05, 0) is 29.3 Å². The molecule has 0 saturated carbocycles. The number of ether oxygens (including phenoxy) is 1. The van der Waals surface area contributed by atoms with Gasteiger partial charge in [0.25, 0.3) is 11.8 Å². The molecule has 1 aromatic heterocycles. The standard InChI is InChI=1S/C24H20ClF2N3O3/c25-20-11-19(21(31)10-17-6-8-28-29-13-17)22(33-14-16-4-2-1-3-5-16)12-18(20)23(32)30-9-7-24(26,27)15-30/h1-6,8,11-13H,7,9-10,14-15H2. The van der Waals surface area contributed by atoms with E-state index in [4.69, 9.17) is 16.3 Å². The Bertz CT molecular complexity index is 1160. The minimum Gasteiger partial charge on any atom is -0.488 e. The minimum absolute atomic E-state index is 0.00141. The molecule has 0 radical (unpaired) electrons. The van der Waals surface area contributed by atoms with E-state index in [2.05, 4.69) is 10.2 Å². The lowest BCUT2D eigenvalue weighted by Gasteiger charge is -2.19. The zero-order valence-electron chi connectivity index (χ0n) is 17.5. The summed E-state index contributed by atoms with van der Waals surface area (Å²) >= 11 is 6.34. The van der Waals surface area contributed by atoms with E-state index in [1.165, 1.54) is 24.5 Å². The van der Waals surface area contributed by atoms with E-state index >= 15 is 0 Å². The first-order valence-electron chi connectivity index (χ1n) is 10.3. The quantitative estimate of drug-likeness (QED) is 0.470. The highest BCUT2D eigenvalue weighted by atomic mass is 35.5. The van der Waals surface area contributed by atoms with Crippen LogP contribution in [0.2, 0.25) is 5.02 Å². The highest BCUT2D eigenvalue weighted by molar-refractivity contribution is 6.34. The Labute approximate surface area is 194 Å². The Balaban J connectivity index is 1.65. The number of benzene rings is 2. The maximum atomic E-state index is 13.6. The summed E-state index contributed by atoms with van der Waals surface area (Å²) in [5.74, 6) is -3.69. The van der Waals surface area contributed by atoms with Gasteiger partial charge in [-0.3, -0.25) is 9.59 Å². The molecule has 1 fully saturated rings. The Hall–Kier alpha value is -3.39. The second-order valence-electron chi connectivity index (χ2n) is 7.79. The van der Waals surface area contributed by atoms with Crippen LogP contribution in [-0.2, 0) is 13.0 Å². The molecule has 9 heteroatoms. The molecule has 33 heavy (non-hydrogen) atoms. The van der Waals surface area contributed by atoms with Crippen molar-refractivity contribution in [3.8, 4) is 5.75 Å². The zero-order valence-corrected chi connectivity index (χ0v) is 18.3. The Morgan fingerprint density at radius 2 is 1.85 bits per heavy atom. The normalized spacial score (nSPS) is 14.8. The van der Waals surface area contributed by atoms with Gasteiger partial charge in [-0.15, -0.1) is 0 Å². The maximum absolute atomic E-state index is 13.6. The maximum Gasteiger partial charge on any atom is 0.267 e. The van der Waals surface area contributed by atoms with E-state index in [1.54, 1.807) is 6.07 Å². The number of rotatable bonds is 7. The van der Waals surface area contributed by atoms with Gasteiger partial charge in [-0.25, -0.2) is 8.78 Å². The van der Waals surface area contributed by atoms with Crippen molar-refractivity contribution in [3.63, 3.8) is 0 Å². The highest BCUT2D eigenvalue weighted by Crippen LogP contribution is 2.33. The van der Waals surface area contributed by atoms with E-state index in [1.807, 2.05) is 30.3 Å². The van der Waals surface area contributed by atoms with Crippen molar-refractivity contribution in [3.05, 3.63) is 88.2 Å². The van der Waals surface area contributed by atoms with Crippen LogP contribution in [0.4, 0.5) is 8.78 Å². The van der Waals surface area contributed by atoms with Gasteiger partial charge in [0.1, 0.15) is 12.4 Å². The summed E-state index contributed by atoms with van der Waals surface area (Å²) in [6.45, 7) is -0.592. The van der Waals surface area contributed by atoms with E-state index in [-0.39, 0.29) is 47.3 Å². The number of hydrogen-bond donors (Lipinski definition) is 0. The first-order valence-corrected chi connectivity index (χ1v) is 10.7. The van der Waals surface area contributed by atoms with E-state index in [9.17, 15) is 18.4 Å². The average molecular weight is 472 g/mol. The number of Topliss-reactive ketones (excluding diaryl/α,β-unsaturated/α-hetero) is 1. The third kappa shape index (κ3) is 5.51. The first-order chi connectivity index (χ1) is 15.8. The van der Waals surface area contributed by atoms with Crippen molar-refractivity contribution in [1.29, 1.82) is 0 Å². The predicted molar refractivity (Wildman–Crippen MR) is 118 cm³/mol. The minimum atomic E-state index is -2.93. The molecule has 0 unspecified atom stereocenters. The molecule has 1 aliphatic rings. The van der Waals surface area contributed by atoms with Crippen molar-refractivity contribution in [2.24, 2.45) is 0 Å². The number of aromatic nitrogens is 2. The highest BCUT2D eigenvalue weighted by Gasteiger charge is 2.41. The van der Waals surface area contributed by atoms with Crippen molar-refractivity contribution < 1.29 is 23.1 Å². The van der Waals surface area contributed by atoms with Gasteiger partial charge < -0.3 is 9.64 Å². The molecule has 2 aromatic carbocycles. The summed E-state index contributed by atoms with van der Waals surface area (Å²) in [4.78, 5) is 27.0. The van der Waals surface area contributed by atoms with E-state index < -0.39 is 24.8 Å². The largest absolute Gasteiger partial charge is 0.488 e. The SMILES string of the molecule is O=C(Cc1ccnnc1)c1cc(Cl)c(C(=O)N2CCC(F)(F)C2)cc1OCc1ccccc1. The summed E-state index contributed by atoms with van der Waals surface area (Å²) in [5.41, 5.74) is 1.71. The van der Waals surface area contributed by atoms with Crippen LogP contribution in [-0.4, -0.2) is 45.8 Å². The number of halogens is 3. The molecule has 0 bridgehead atoms. The summed E-state index contributed by atoms with van der Waals surface area (Å²) in [6.07, 6.45) is 2.59. The number of carbonyl (C=O) groups is 2. The molecule has 0 atom stereocenters. The van der Waals surface area contributed by atoms with Crippen LogP contribution in [0, 0.1) is 0 Å². The van der Waals surface area contributed by atoms with Gasteiger partial charge in [0.05, 0.1) is 28.9 Å². The smallest absolute Gasteiger partial charge is 0.267 e. The van der Waals surface area contributed by atoms with Crippen LogP contribution >= 0.6 is 11.6 Å². The molecular weight excluding hydrogens is 452 g/mol. The molecule has 2 heterocycles. The number of ketones is 1. The van der Waals surface area contributed by atoms with Crippen LogP contribution in [0.5, 0.6) is 5.75 Å². The number of hydrogen-bond acceptors (Lipinski definition) is 5. The molecule has 3 aromatic rings. The molecule has 1 amide bonds. The monoisotopic (exact) mass is 471 g/mol. The molecule has 1 saturated heterocycles. The molecule has 1 aliphatic heterocycles. The van der Waals surface area contributed by atoms with Crippen LogP contribution in [0.15, 0.2) is 60.9 Å². The first kappa shape index (κ1) is 22.8. The second-order valence-corrected chi connectivity index (χ2v) is 8.19. The lowest BCUT2D eigenvalue weighted by molar-refractivity contribution is 0.0120. The van der Waals surface area contributed by atoms with E-state index in [0.717, 1.165) is 10.5 Å². The zero-order chi connectivity index (χ0) is 23.4. The number of nitrogens with zero attached hydrogens (tertiary/aromatic N) is 3. The lowest BCUT2D eigenvalue weighted by Crippen LogP contribution is -2.31. The Morgan fingerprint density at radius 3 is 2.52 bits per heavy atom.